The molecule has 1 amide bonds. The first kappa shape index (κ1) is 20.3. The van der Waals surface area contributed by atoms with E-state index in [1.165, 1.54) is 27.8 Å². The van der Waals surface area contributed by atoms with Gasteiger partial charge in [0.05, 0.1) is 22.4 Å². The molecule has 0 radical (unpaired) electrons. The largest absolute Gasteiger partial charge is 0.323 e. The zero-order chi connectivity index (χ0) is 21.4. The molecule has 4 rings (SSSR count). The Morgan fingerprint density at radius 3 is 2.67 bits per heavy atom. The number of hydrogen-bond acceptors (Lipinski definition) is 4. The van der Waals surface area contributed by atoms with Crippen LogP contribution >= 0.6 is 22.9 Å². The predicted molar refractivity (Wildman–Crippen MR) is 124 cm³/mol. The van der Waals surface area contributed by atoms with Crippen molar-refractivity contribution < 1.29 is 4.79 Å². The second-order valence-corrected chi connectivity index (χ2v) is 8.50. The Morgan fingerprint density at radius 1 is 1.17 bits per heavy atom. The van der Waals surface area contributed by atoms with Gasteiger partial charge in [0.1, 0.15) is 10.9 Å². The van der Waals surface area contributed by atoms with Crippen LogP contribution in [0.25, 0.3) is 21.3 Å². The highest BCUT2D eigenvalue weighted by Crippen LogP contribution is 2.32. The molecular formula is C23H20ClN3O2S. The maximum absolute atomic E-state index is 13.3. The first-order valence-electron chi connectivity index (χ1n) is 9.48. The van der Waals surface area contributed by atoms with Crippen LogP contribution in [0.4, 0.5) is 5.69 Å². The molecule has 2 aromatic heterocycles. The van der Waals surface area contributed by atoms with Crippen LogP contribution in [0.3, 0.4) is 0 Å². The number of thiophene rings is 1. The number of halogens is 1. The van der Waals surface area contributed by atoms with E-state index in [0.717, 1.165) is 16.7 Å². The molecule has 0 aliphatic carbocycles. The van der Waals surface area contributed by atoms with Crippen LogP contribution < -0.4 is 10.9 Å². The van der Waals surface area contributed by atoms with Gasteiger partial charge in [0.25, 0.3) is 5.56 Å². The average molecular weight is 438 g/mol. The van der Waals surface area contributed by atoms with Gasteiger partial charge >= 0.3 is 0 Å². The van der Waals surface area contributed by atoms with Crippen molar-refractivity contribution in [3.63, 3.8) is 0 Å². The van der Waals surface area contributed by atoms with Gasteiger partial charge in [-0.2, -0.15) is 0 Å². The molecule has 1 atom stereocenters. The van der Waals surface area contributed by atoms with Crippen molar-refractivity contribution in [2.24, 2.45) is 0 Å². The van der Waals surface area contributed by atoms with Crippen molar-refractivity contribution in [2.45, 2.75) is 26.8 Å². The quantitative estimate of drug-likeness (QED) is 0.452. The predicted octanol–water partition coefficient (Wildman–Crippen LogP) is 5.59. The second-order valence-electron chi connectivity index (χ2n) is 7.23. The first-order valence-corrected chi connectivity index (χ1v) is 10.7. The second kappa shape index (κ2) is 8.05. The number of fused-ring (bicyclic) bond motifs is 1. The summed E-state index contributed by atoms with van der Waals surface area (Å²) in [6, 6.07) is 12.4. The lowest BCUT2D eigenvalue weighted by atomic mass is 10.0. The van der Waals surface area contributed by atoms with Crippen LogP contribution in [0.15, 0.2) is 59.0 Å². The number of nitrogens with zero attached hydrogens (tertiary/aromatic N) is 2. The minimum atomic E-state index is -0.752. The van der Waals surface area contributed by atoms with E-state index in [4.69, 9.17) is 11.6 Å². The summed E-state index contributed by atoms with van der Waals surface area (Å²) in [4.78, 5) is 31.2. The topological polar surface area (TPSA) is 64.0 Å². The molecule has 1 N–H and O–H groups in total. The van der Waals surface area contributed by atoms with Crippen LogP contribution in [0.2, 0.25) is 5.02 Å². The van der Waals surface area contributed by atoms with Gasteiger partial charge in [-0.15, -0.1) is 11.3 Å². The molecule has 2 aromatic carbocycles. The van der Waals surface area contributed by atoms with Gasteiger partial charge in [0, 0.05) is 10.9 Å². The van der Waals surface area contributed by atoms with Crippen molar-refractivity contribution in [3.05, 3.63) is 80.7 Å². The van der Waals surface area contributed by atoms with E-state index in [1.54, 1.807) is 31.2 Å². The zero-order valence-corrected chi connectivity index (χ0v) is 18.3. The number of para-hydroxylation sites is 1. The SMILES string of the molecule is Cc1ccc(-c2csc3ncn(C(C)C(=O)Nc4ccccc4Cl)c(=O)c23)cc1C. The van der Waals surface area contributed by atoms with Gasteiger partial charge in [-0.1, -0.05) is 41.9 Å². The smallest absolute Gasteiger partial charge is 0.263 e. The number of rotatable bonds is 4. The highest BCUT2D eigenvalue weighted by atomic mass is 35.5. The standard InChI is InChI=1S/C23H20ClN3O2S/c1-13-8-9-16(10-14(13)2)17-11-30-22-20(17)23(29)27(12-25-22)15(3)21(28)26-19-7-5-4-6-18(19)24/h4-12,15H,1-3H3,(H,26,28). The monoisotopic (exact) mass is 437 g/mol. The van der Waals surface area contributed by atoms with Crippen LogP contribution in [-0.4, -0.2) is 15.5 Å². The third-order valence-corrected chi connectivity index (χ3v) is 6.48. The highest BCUT2D eigenvalue weighted by Gasteiger charge is 2.21. The molecule has 0 fully saturated rings. The molecule has 2 heterocycles. The van der Waals surface area contributed by atoms with Crippen LogP contribution in [-0.2, 0) is 4.79 Å². The molecule has 30 heavy (non-hydrogen) atoms. The van der Waals surface area contributed by atoms with Gasteiger partial charge in [-0.3, -0.25) is 14.2 Å². The summed E-state index contributed by atoms with van der Waals surface area (Å²) in [7, 11) is 0. The van der Waals surface area contributed by atoms with Crippen molar-refractivity contribution in [1.82, 2.24) is 9.55 Å². The van der Waals surface area contributed by atoms with Crippen LogP contribution in [0, 0.1) is 13.8 Å². The number of carbonyl (C=O) groups excluding carboxylic acids is 1. The molecule has 5 nitrogen and oxygen atoms in total. The molecule has 4 aromatic rings. The normalized spacial score (nSPS) is 12.1. The van der Waals surface area contributed by atoms with Crippen molar-refractivity contribution >= 4 is 44.7 Å². The minimum Gasteiger partial charge on any atom is -0.323 e. The van der Waals surface area contributed by atoms with E-state index in [-0.39, 0.29) is 11.5 Å². The summed E-state index contributed by atoms with van der Waals surface area (Å²) in [5.41, 5.74) is 4.42. The lowest BCUT2D eigenvalue weighted by molar-refractivity contribution is -0.118. The molecule has 7 heteroatoms. The summed E-state index contributed by atoms with van der Waals surface area (Å²) in [5, 5.41) is 5.70. The van der Waals surface area contributed by atoms with Crippen molar-refractivity contribution in [3.8, 4) is 11.1 Å². The van der Waals surface area contributed by atoms with Crippen molar-refractivity contribution in [1.29, 1.82) is 0 Å². The Labute approximate surface area is 183 Å². The Balaban J connectivity index is 1.74. The summed E-state index contributed by atoms with van der Waals surface area (Å²) in [5.74, 6) is -0.339. The van der Waals surface area contributed by atoms with Gasteiger partial charge in [0.2, 0.25) is 5.91 Å². The number of amides is 1. The third kappa shape index (κ3) is 3.64. The average Bonchev–Trinajstić information content (AvgIpc) is 3.16. The van der Waals surface area contributed by atoms with Crippen LogP contribution in [0.5, 0.6) is 0 Å². The third-order valence-electron chi connectivity index (χ3n) is 5.27. The van der Waals surface area contributed by atoms with E-state index in [2.05, 4.69) is 23.3 Å². The van der Waals surface area contributed by atoms with Gasteiger partial charge in [-0.25, -0.2) is 4.98 Å². The van der Waals surface area contributed by atoms with E-state index in [0.29, 0.717) is 20.9 Å². The zero-order valence-electron chi connectivity index (χ0n) is 16.8. The van der Waals surface area contributed by atoms with Gasteiger partial charge < -0.3 is 5.32 Å². The van der Waals surface area contributed by atoms with Crippen molar-refractivity contribution in [2.75, 3.05) is 5.32 Å². The number of hydrogen-bond donors (Lipinski definition) is 1. The molecular weight excluding hydrogens is 418 g/mol. The molecule has 0 aliphatic rings. The van der Waals surface area contributed by atoms with E-state index >= 15 is 0 Å². The molecule has 152 valence electrons. The Bertz CT molecular complexity index is 1330. The molecule has 0 bridgehead atoms. The summed E-state index contributed by atoms with van der Waals surface area (Å²) in [6.45, 7) is 5.77. The summed E-state index contributed by atoms with van der Waals surface area (Å²) < 4.78 is 1.37. The number of nitrogens with one attached hydrogen (secondary N) is 1. The first-order chi connectivity index (χ1) is 14.4. The van der Waals surface area contributed by atoms with E-state index < -0.39 is 6.04 Å². The van der Waals surface area contributed by atoms with Crippen LogP contribution in [0.1, 0.15) is 24.1 Å². The van der Waals surface area contributed by atoms with Gasteiger partial charge in [-0.05, 0) is 49.6 Å². The van der Waals surface area contributed by atoms with Gasteiger partial charge in [0.15, 0.2) is 0 Å². The number of aromatic nitrogens is 2. The highest BCUT2D eigenvalue weighted by molar-refractivity contribution is 7.17. The Morgan fingerprint density at radius 2 is 1.93 bits per heavy atom. The lowest BCUT2D eigenvalue weighted by Gasteiger charge is -2.15. The number of aryl methyl sites for hydroxylation is 2. The fourth-order valence-corrected chi connectivity index (χ4v) is 4.36. The fraction of sp³-hybridized carbons (Fsp3) is 0.174. The lowest BCUT2D eigenvalue weighted by Crippen LogP contribution is -2.31. The summed E-state index contributed by atoms with van der Waals surface area (Å²) in [6.07, 6.45) is 1.43. The fourth-order valence-electron chi connectivity index (χ4n) is 3.27. The molecule has 0 saturated carbocycles. The Kier molecular flexibility index (Phi) is 5.45. The maximum atomic E-state index is 13.3. The molecule has 0 spiro atoms. The van der Waals surface area contributed by atoms with E-state index in [1.807, 2.05) is 24.4 Å². The number of carbonyl (C=O) groups is 1. The summed E-state index contributed by atoms with van der Waals surface area (Å²) >= 11 is 7.56. The molecule has 0 aliphatic heterocycles. The molecule has 1 unspecified atom stereocenters. The maximum Gasteiger partial charge on any atom is 0.263 e. The number of benzene rings is 2. The molecule has 0 saturated heterocycles. The minimum absolute atomic E-state index is 0.240. The Hall–Kier alpha value is -2.96. The van der Waals surface area contributed by atoms with E-state index in [9.17, 15) is 9.59 Å². The number of anilines is 1.